The number of fused-ring (bicyclic) bond motifs is 1. The van der Waals surface area contributed by atoms with Crippen LogP contribution in [0.25, 0.3) is 11.0 Å². The summed E-state index contributed by atoms with van der Waals surface area (Å²) in [6, 6.07) is 9.03. The van der Waals surface area contributed by atoms with Gasteiger partial charge in [0.1, 0.15) is 0 Å². The minimum absolute atomic E-state index is 0. The van der Waals surface area contributed by atoms with Crippen LogP contribution in [0.3, 0.4) is 0 Å². The van der Waals surface area contributed by atoms with Crippen molar-refractivity contribution in [1.82, 2.24) is 9.97 Å². The van der Waals surface area contributed by atoms with Gasteiger partial charge >= 0.3 is 5.69 Å². The molecule has 0 bridgehead atoms. The number of amides is 1. The number of hydrogen-bond donors (Lipinski definition) is 4. The maximum atomic E-state index is 11.3. The number of aromatic amines is 2. The molecule has 1 amide bonds. The fourth-order valence-electron chi connectivity index (χ4n) is 2.62. The predicted molar refractivity (Wildman–Crippen MR) is 111 cm³/mol. The second-order valence-corrected chi connectivity index (χ2v) is 6.19. The van der Waals surface area contributed by atoms with Crippen molar-refractivity contribution in [1.29, 1.82) is 0 Å². The van der Waals surface area contributed by atoms with Crippen LogP contribution in [0.4, 0.5) is 5.69 Å². The van der Waals surface area contributed by atoms with Crippen molar-refractivity contribution in [2.45, 2.75) is 13.5 Å². The molecule has 0 spiro atoms. The average molecular weight is 427 g/mol. The van der Waals surface area contributed by atoms with Gasteiger partial charge in [0, 0.05) is 12.2 Å². The van der Waals surface area contributed by atoms with Crippen LogP contribution in [-0.2, 0) is 11.3 Å². The highest BCUT2D eigenvalue weighted by Crippen LogP contribution is 2.37. The summed E-state index contributed by atoms with van der Waals surface area (Å²) in [6.45, 7) is 2.43. The first-order valence-electron chi connectivity index (χ1n) is 8.28. The number of anilines is 1. The molecule has 0 aliphatic rings. The third-order valence-electron chi connectivity index (χ3n) is 3.74. The molecule has 1 heterocycles. The van der Waals surface area contributed by atoms with E-state index in [0.29, 0.717) is 29.4 Å². The highest BCUT2D eigenvalue weighted by Gasteiger charge is 2.14. The molecule has 0 unspecified atom stereocenters. The number of nitrogens with one attached hydrogen (secondary N) is 3. The fraction of sp³-hybridized carbons (Fsp3) is 0.222. The predicted octanol–water partition coefficient (Wildman–Crippen LogP) is 2.81. The van der Waals surface area contributed by atoms with Crippen molar-refractivity contribution in [2.24, 2.45) is 5.73 Å². The van der Waals surface area contributed by atoms with Gasteiger partial charge in [-0.2, -0.15) is 0 Å². The van der Waals surface area contributed by atoms with E-state index in [2.05, 4.69) is 15.3 Å². The lowest BCUT2D eigenvalue weighted by Crippen LogP contribution is -2.20. The molecule has 0 fully saturated rings. The Morgan fingerprint density at radius 1 is 1.18 bits per heavy atom. The lowest BCUT2D eigenvalue weighted by Gasteiger charge is -2.15. The summed E-state index contributed by atoms with van der Waals surface area (Å²) in [5, 5.41) is 3.59. The molecule has 10 heteroatoms. The van der Waals surface area contributed by atoms with E-state index in [1.54, 1.807) is 12.1 Å². The number of aromatic nitrogens is 2. The van der Waals surface area contributed by atoms with Crippen LogP contribution in [0.5, 0.6) is 11.5 Å². The molecule has 3 aromatic rings. The Hall–Kier alpha value is -2.84. The lowest BCUT2D eigenvalue weighted by molar-refractivity contribution is -0.119. The molecule has 0 saturated carbocycles. The quantitative estimate of drug-likeness (QED) is 0.440. The van der Waals surface area contributed by atoms with Crippen molar-refractivity contribution in [3.8, 4) is 11.5 Å². The maximum absolute atomic E-state index is 11.3. The zero-order valence-electron chi connectivity index (χ0n) is 15.0. The summed E-state index contributed by atoms with van der Waals surface area (Å²) in [5.74, 6) is 0.123. The topological polar surface area (TPSA) is 122 Å². The van der Waals surface area contributed by atoms with E-state index in [4.69, 9.17) is 26.8 Å². The number of primary amides is 1. The largest absolute Gasteiger partial charge is 0.490 e. The summed E-state index contributed by atoms with van der Waals surface area (Å²) in [4.78, 5) is 27.7. The van der Waals surface area contributed by atoms with E-state index in [1.807, 2.05) is 25.1 Å². The monoisotopic (exact) mass is 426 g/mol. The number of ether oxygens (including phenoxy) is 2. The third-order valence-corrected chi connectivity index (χ3v) is 4.02. The van der Waals surface area contributed by atoms with E-state index in [1.165, 1.54) is 0 Å². The number of nitrogens with two attached hydrogens (primary N) is 1. The standard InChI is InChI=1S/C18H19ClN4O4.ClH/c1-2-26-15-6-10(5-12(19)17(15)27-9-16(20)24)8-21-11-3-4-13-14(7-11)23-18(25)22-13;/h3-7,21H,2,8-9H2,1H3,(H2,20,24)(H2,22,23,25);1H. The van der Waals surface area contributed by atoms with E-state index in [-0.39, 0.29) is 30.5 Å². The Morgan fingerprint density at radius 3 is 2.64 bits per heavy atom. The molecular formula is C18H20Cl2N4O4. The Kier molecular flexibility index (Phi) is 7.19. The number of imidazole rings is 1. The van der Waals surface area contributed by atoms with Crippen LogP contribution in [-0.4, -0.2) is 29.1 Å². The van der Waals surface area contributed by atoms with Crippen molar-refractivity contribution in [3.05, 3.63) is 51.4 Å². The van der Waals surface area contributed by atoms with Crippen LogP contribution >= 0.6 is 24.0 Å². The minimum atomic E-state index is -0.600. The van der Waals surface area contributed by atoms with Crippen LogP contribution in [0.15, 0.2) is 35.1 Å². The molecule has 5 N–H and O–H groups in total. The number of hydrogen-bond acceptors (Lipinski definition) is 5. The van der Waals surface area contributed by atoms with Gasteiger partial charge in [0.15, 0.2) is 18.1 Å². The van der Waals surface area contributed by atoms with Gasteiger partial charge in [0.05, 0.1) is 22.7 Å². The number of carbonyl (C=O) groups excluding carboxylic acids is 1. The number of rotatable bonds is 8. The molecule has 0 saturated heterocycles. The molecule has 0 atom stereocenters. The summed E-state index contributed by atoms with van der Waals surface area (Å²) in [5.41, 5.74) is 8.01. The van der Waals surface area contributed by atoms with Crippen LogP contribution in [0, 0.1) is 0 Å². The van der Waals surface area contributed by atoms with Gasteiger partial charge in [-0.1, -0.05) is 11.6 Å². The second kappa shape index (κ2) is 9.38. The van der Waals surface area contributed by atoms with E-state index < -0.39 is 5.91 Å². The molecule has 0 radical (unpaired) electrons. The molecule has 0 aliphatic carbocycles. The Bertz CT molecular complexity index is 1030. The second-order valence-electron chi connectivity index (χ2n) is 5.79. The Labute approximate surface area is 171 Å². The zero-order valence-corrected chi connectivity index (χ0v) is 16.6. The molecule has 8 nitrogen and oxygen atoms in total. The van der Waals surface area contributed by atoms with Crippen molar-refractivity contribution in [3.63, 3.8) is 0 Å². The lowest BCUT2D eigenvalue weighted by atomic mass is 10.2. The van der Waals surface area contributed by atoms with Crippen molar-refractivity contribution in [2.75, 3.05) is 18.5 Å². The first-order valence-corrected chi connectivity index (χ1v) is 8.66. The van der Waals surface area contributed by atoms with Gasteiger partial charge in [-0.15, -0.1) is 12.4 Å². The minimum Gasteiger partial charge on any atom is -0.490 e. The molecule has 2 aromatic carbocycles. The Morgan fingerprint density at radius 2 is 1.93 bits per heavy atom. The molecule has 3 rings (SSSR count). The van der Waals surface area contributed by atoms with Gasteiger partial charge in [-0.25, -0.2) is 4.79 Å². The molecule has 28 heavy (non-hydrogen) atoms. The van der Waals surface area contributed by atoms with Crippen LogP contribution < -0.4 is 26.2 Å². The number of carbonyl (C=O) groups is 1. The molecular weight excluding hydrogens is 407 g/mol. The summed E-state index contributed by atoms with van der Waals surface area (Å²) >= 11 is 6.29. The number of benzene rings is 2. The van der Waals surface area contributed by atoms with E-state index in [0.717, 1.165) is 16.8 Å². The summed E-state index contributed by atoms with van der Waals surface area (Å²) < 4.78 is 10.9. The summed E-state index contributed by atoms with van der Waals surface area (Å²) in [7, 11) is 0. The molecule has 1 aromatic heterocycles. The van der Waals surface area contributed by atoms with Gasteiger partial charge in [0.25, 0.3) is 5.91 Å². The smallest absolute Gasteiger partial charge is 0.323 e. The van der Waals surface area contributed by atoms with Gasteiger partial charge in [-0.05, 0) is 42.8 Å². The van der Waals surface area contributed by atoms with Gasteiger partial charge < -0.3 is 30.5 Å². The zero-order chi connectivity index (χ0) is 19.4. The van der Waals surface area contributed by atoms with Crippen LogP contribution in [0.2, 0.25) is 5.02 Å². The average Bonchev–Trinajstić information content (AvgIpc) is 2.98. The molecule has 150 valence electrons. The maximum Gasteiger partial charge on any atom is 0.323 e. The highest BCUT2D eigenvalue weighted by atomic mass is 35.5. The van der Waals surface area contributed by atoms with Gasteiger partial charge in [-0.3, -0.25) is 4.79 Å². The van der Waals surface area contributed by atoms with Crippen molar-refractivity contribution < 1.29 is 14.3 Å². The third kappa shape index (κ3) is 5.11. The first-order chi connectivity index (χ1) is 13.0. The normalized spacial score (nSPS) is 10.4. The van der Waals surface area contributed by atoms with Crippen LogP contribution in [0.1, 0.15) is 12.5 Å². The number of halogens is 2. The summed E-state index contributed by atoms with van der Waals surface area (Å²) in [6.07, 6.45) is 0. The highest BCUT2D eigenvalue weighted by molar-refractivity contribution is 6.32. The SMILES string of the molecule is CCOc1cc(CNc2ccc3[nH]c(=O)[nH]c3c2)cc(Cl)c1OCC(N)=O.Cl. The fourth-order valence-corrected chi connectivity index (χ4v) is 2.90. The van der Waals surface area contributed by atoms with E-state index >= 15 is 0 Å². The van der Waals surface area contributed by atoms with Crippen molar-refractivity contribution >= 4 is 46.6 Å². The first kappa shape index (κ1) is 21.5. The number of H-pyrrole nitrogens is 2. The van der Waals surface area contributed by atoms with Gasteiger partial charge in [0.2, 0.25) is 0 Å². The Balaban J connectivity index is 0.00000280. The molecule has 0 aliphatic heterocycles. The van der Waals surface area contributed by atoms with E-state index in [9.17, 15) is 9.59 Å².